The molecule has 0 aliphatic heterocycles. The molecule has 0 spiro atoms. The number of rotatable bonds is 2. The molecule has 1 N–H and O–H groups in total. The first-order chi connectivity index (χ1) is 4.33. The molecule has 0 aliphatic rings. The van der Waals surface area contributed by atoms with Gasteiger partial charge in [-0.1, -0.05) is 13.8 Å². The van der Waals surface area contributed by atoms with Crippen LogP contribution >= 0.6 is 0 Å². The second-order valence-electron chi connectivity index (χ2n) is 4.43. The molecule has 0 heterocycles. The van der Waals surface area contributed by atoms with Gasteiger partial charge < -0.3 is 5.32 Å². The zero-order valence-corrected chi connectivity index (χ0v) is 8.15. The smallest absolute Gasteiger partial charge is 0.00990 e. The van der Waals surface area contributed by atoms with Crippen molar-refractivity contribution in [3.63, 3.8) is 0 Å². The molecule has 0 saturated carbocycles. The highest BCUT2D eigenvalue weighted by molar-refractivity contribution is 4.76. The molecule has 0 aliphatic carbocycles. The van der Waals surface area contributed by atoms with Gasteiger partial charge in [-0.05, 0) is 33.6 Å². The van der Waals surface area contributed by atoms with Crippen LogP contribution in [0.2, 0.25) is 0 Å². The summed E-state index contributed by atoms with van der Waals surface area (Å²) in [6.07, 6.45) is 0. The highest BCUT2D eigenvalue weighted by Crippen LogP contribution is 2.06. The van der Waals surface area contributed by atoms with Crippen molar-refractivity contribution in [2.24, 2.45) is 5.92 Å². The fraction of sp³-hybridized carbons (Fsp3) is 1.00. The first-order valence-corrected chi connectivity index (χ1v) is 4.10. The van der Waals surface area contributed by atoms with Crippen molar-refractivity contribution < 1.29 is 0 Å². The van der Waals surface area contributed by atoms with Crippen molar-refractivity contribution in [2.45, 2.75) is 53.1 Å². The van der Waals surface area contributed by atoms with Gasteiger partial charge in [-0.2, -0.15) is 0 Å². The van der Waals surface area contributed by atoms with E-state index in [9.17, 15) is 0 Å². The summed E-state index contributed by atoms with van der Waals surface area (Å²) < 4.78 is 0. The SMILES string of the molecule is CC(C)[C@H](C)NC(C)(C)C. The minimum Gasteiger partial charge on any atom is -0.309 e. The lowest BCUT2D eigenvalue weighted by atomic mass is 10.0. The Morgan fingerprint density at radius 3 is 1.50 bits per heavy atom. The maximum atomic E-state index is 3.52. The van der Waals surface area contributed by atoms with E-state index in [1.54, 1.807) is 0 Å². The van der Waals surface area contributed by atoms with Crippen LogP contribution in [0, 0.1) is 5.92 Å². The summed E-state index contributed by atoms with van der Waals surface area (Å²) in [6, 6.07) is 0.611. The zero-order chi connectivity index (χ0) is 8.36. The molecule has 0 aromatic carbocycles. The minimum absolute atomic E-state index is 0.254. The Hall–Kier alpha value is -0.0400. The molecule has 10 heavy (non-hydrogen) atoms. The van der Waals surface area contributed by atoms with Crippen molar-refractivity contribution in [1.29, 1.82) is 0 Å². The third kappa shape index (κ3) is 4.80. The topological polar surface area (TPSA) is 12.0 Å². The quantitative estimate of drug-likeness (QED) is 0.626. The molecule has 1 atom stereocenters. The first kappa shape index (κ1) is 9.96. The lowest BCUT2D eigenvalue weighted by Gasteiger charge is -2.28. The fourth-order valence-corrected chi connectivity index (χ4v) is 0.850. The zero-order valence-electron chi connectivity index (χ0n) is 8.15. The van der Waals surface area contributed by atoms with E-state index in [0.717, 1.165) is 5.92 Å². The number of nitrogens with one attached hydrogen (secondary N) is 1. The van der Waals surface area contributed by atoms with Gasteiger partial charge in [0, 0.05) is 11.6 Å². The normalized spacial score (nSPS) is 15.9. The van der Waals surface area contributed by atoms with E-state index in [-0.39, 0.29) is 5.54 Å². The largest absolute Gasteiger partial charge is 0.309 e. The summed E-state index contributed by atoms with van der Waals surface area (Å²) in [5, 5.41) is 3.52. The van der Waals surface area contributed by atoms with Gasteiger partial charge in [0.1, 0.15) is 0 Å². The average molecular weight is 143 g/mol. The van der Waals surface area contributed by atoms with E-state index < -0.39 is 0 Å². The van der Waals surface area contributed by atoms with Crippen LogP contribution in [-0.4, -0.2) is 11.6 Å². The number of hydrogen-bond acceptors (Lipinski definition) is 1. The average Bonchev–Trinajstić information content (AvgIpc) is 1.60. The molecule has 0 aromatic rings. The van der Waals surface area contributed by atoms with Gasteiger partial charge in [-0.15, -0.1) is 0 Å². The Labute approximate surface area is 65.2 Å². The summed E-state index contributed by atoms with van der Waals surface area (Å²) in [4.78, 5) is 0. The molecular formula is C9H21N. The molecule has 0 rings (SSSR count). The monoisotopic (exact) mass is 143 g/mol. The van der Waals surface area contributed by atoms with Crippen molar-refractivity contribution >= 4 is 0 Å². The van der Waals surface area contributed by atoms with Gasteiger partial charge >= 0.3 is 0 Å². The van der Waals surface area contributed by atoms with E-state index >= 15 is 0 Å². The van der Waals surface area contributed by atoms with Crippen molar-refractivity contribution in [2.75, 3.05) is 0 Å². The predicted molar refractivity (Wildman–Crippen MR) is 47.2 cm³/mol. The first-order valence-electron chi connectivity index (χ1n) is 4.10. The molecule has 0 aromatic heterocycles. The molecule has 1 heteroatoms. The lowest BCUT2D eigenvalue weighted by molar-refractivity contribution is 0.320. The molecule has 0 bridgehead atoms. The molecule has 0 fully saturated rings. The van der Waals surface area contributed by atoms with Crippen molar-refractivity contribution in [3.05, 3.63) is 0 Å². The van der Waals surface area contributed by atoms with Crippen molar-refractivity contribution in [3.8, 4) is 0 Å². The van der Waals surface area contributed by atoms with Crippen LogP contribution in [-0.2, 0) is 0 Å². The van der Waals surface area contributed by atoms with E-state index in [2.05, 4.69) is 46.9 Å². The van der Waals surface area contributed by atoms with Gasteiger partial charge in [0.15, 0.2) is 0 Å². The van der Waals surface area contributed by atoms with Gasteiger partial charge in [0.05, 0.1) is 0 Å². The van der Waals surface area contributed by atoms with Gasteiger partial charge in [-0.25, -0.2) is 0 Å². The summed E-state index contributed by atoms with van der Waals surface area (Å²) in [7, 11) is 0. The molecule has 0 amide bonds. The van der Waals surface area contributed by atoms with Crippen LogP contribution in [0.25, 0.3) is 0 Å². The third-order valence-corrected chi connectivity index (χ3v) is 1.66. The maximum absolute atomic E-state index is 3.52. The second-order valence-corrected chi connectivity index (χ2v) is 4.43. The maximum Gasteiger partial charge on any atom is 0.00990 e. The van der Waals surface area contributed by atoms with Crippen LogP contribution in [0.1, 0.15) is 41.5 Å². The van der Waals surface area contributed by atoms with Gasteiger partial charge in [0.25, 0.3) is 0 Å². The predicted octanol–water partition coefficient (Wildman–Crippen LogP) is 2.42. The molecule has 0 radical (unpaired) electrons. The summed E-state index contributed by atoms with van der Waals surface area (Å²) >= 11 is 0. The van der Waals surface area contributed by atoms with Crippen LogP contribution in [0.3, 0.4) is 0 Å². The third-order valence-electron chi connectivity index (χ3n) is 1.66. The van der Waals surface area contributed by atoms with Crippen LogP contribution < -0.4 is 5.32 Å². The minimum atomic E-state index is 0.254. The Morgan fingerprint density at radius 2 is 1.40 bits per heavy atom. The molecule has 0 unspecified atom stereocenters. The van der Waals surface area contributed by atoms with E-state index in [1.807, 2.05) is 0 Å². The Morgan fingerprint density at radius 1 is 1.00 bits per heavy atom. The van der Waals surface area contributed by atoms with E-state index in [1.165, 1.54) is 0 Å². The summed E-state index contributed by atoms with van der Waals surface area (Å²) in [5.41, 5.74) is 0.254. The van der Waals surface area contributed by atoms with Gasteiger partial charge in [0.2, 0.25) is 0 Å². The molecule has 1 nitrogen and oxygen atoms in total. The Balaban J connectivity index is 3.68. The van der Waals surface area contributed by atoms with Crippen LogP contribution in [0.15, 0.2) is 0 Å². The number of hydrogen-bond donors (Lipinski definition) is 1. The lowest BCUT2D eigenvalue weighted by Crippen LogP contribution is -2.44. The Kier molecular flexibility index (Phi) is 3.37. The highest BCUT2D eigenvalue weighted by Gasteiger charge is 2.15. The summed E-state index contributed by atoms with van der Waals surface area (Å²) in [5.74, 6) is 0.722. The fourth-order valence-electron chi connectivity index (χ4n) is 0.850. The van der Waals surface area contributed by atoms with Gasteiger partial charge in [-0.3, -0.25) is 0 Å². The Bertz CT molecular complexity index is 89.4. The standard InChI is InChI=1S/C9H21N/c1-7(2)8(3)10-9(4,5)6/h7-8,10H,1-6H3/t8-/m0/s1. The molecular weight excluding hydrogens is 122 g/mol. The second kappa shape index (κ2) is 3.38. The highest BCUT2D eigenvalue weighted by atomic mass is 15.0. The van der Waals surface area contributed by atoms with Crippen LogP contribution in [0.4, 0.5) is 0 Å². The van der Waals surface area contributed by atoms with Crippen molar-refractivity contribution in [1.82, 2.24) is 5.32 Å². The summed E-state index contributed by atoms with van der Waals surface area (Å²) in [6.45, 7) is 13.3. The van der Waals surface area contributed by atoms with Crippen LogP contribution in [0.5, 0.6) is 0 Å². The van der Waals surface area contributed by atoms with E-state index in [0.29, 0.717) is 6.04 Å². The molecule has 0 saturated heterocycles. The molecule has 62 valence electrons. The van der Waals surface area contributed by atoms with E-state index in [4.69, 9.17) is 0 Å².